The number of likely N-dealkylation sites (tertiary alicyclic amines) is 1. The predicted molar refractivity (Wildman–Crippen MR) is 78.9 cm³/mol. The van der Waals surface area contributed by atoms with E-state index in [2.05, 4.69) is 5.32 Å². The zero-order chi connectivity index (χ0) is 18.0. The first-order valence-electron chi connectivity index (χ1n) is 7.19. The number of halogens is 3. The van der Waals surface area contributed by atoms with Crippen molar-refractivity contribution in [3.05, 3.63) is 24.3 Å². The van der Waals surface area contributed by atoms with Crippen molar-refractivity contribution < 1.29 is 32.6 Å². The Balaban J connectivity index is 2.04. The van der Waals surface area contributed by atoms with Gasteiger partial charge < -0.3 is 20.1 Å². The molecule has 2 N–H and O–H groups in total. The molecule has 0 spiro atoms. The first-order valence-corrected chi connectivity index (χ1v) is 7.19. The van der Waals surface area contributed by atoms with Crippen LogP contribution in [0.2, 0.25) is 0 Å². The molecule has 2 amide bonds. The number of benzene rings is 1. The monoisotopic (exact) mass is 346 g/mol. The molecular weight excluding hydrogens is 329 g/mol. The van der Waals surface area contributed by atoms with E-state index in [1.54, 1.807) is 13.0 Å². The molecule has 1 aliphatic heterocycles. The van der Waals surface area contributed by atoms with Crippen LogP contribution in [-0.4, -0.2) is 47.9 Å². The Morgan fingerprint density at radius 3 is 2.62 bits per heavy atom. The van der Waals surface area contributed by atoms with Crippen LogP contribution in [0.3, 0.4) is 0 Å². The van der Waals surface area contributed by atoms with Gasteiger partial charge in [0.05, 0.1) is 11.1 Å². The maximum absolute atomic E-state index is 12.3. The third-order valence-electron chi connectivity index (χ3n) is 3.80. The molecule has 1 saturated heterocycles. The van der Waals surface area contributed by atoms with E-state index in [1.165, 1.54) is 23.1 Å². The zero-order valence-electron chi connectivity index (χ0n) is 12.9. The number of ether oxygens (including phenoxy) is 1. The van der Waals surface area contributed by atoms with Crippen molar-refractivity contribution >= 4 is 17.7 Å². The summed E-state index contributed by atoms with van der Waals surface area (Å²) in [6.07, 6.45) is -4.18. The van der Waals surface area contributed by atoms with Crippen LogP contribution in [0.1, 0.15) is 13.3 Å². The molecule has 6 nitrogen and oxygen atoms in total. The number of nitrogens with one attached hydrogen (secondary N) is 1. The van der Waals surface area contributed by atoms with Gasteiger partial charge in [0.2, 0.25) is 0 Å². The maximum Gasteiger partial charge on any atom is 0.422 e. The molecule has 24 heavy (non-hydrogen) atoms. The quantitative estimate of drug-likeness (QED) is 0.879. The van der Waals surface area contributed by atoms with Gasteiger partial charge in [-0.05, 0) is 25.5 Å². The Morgan fingerprint density at radius 1 is 1.38 bits per heavy atom. The Hall–Kier alpha value is -2.45. The molecule has 0 radical (unpaired) electrons. The molecule has 0 aromatic heterocycles. The minimum atomic E-state index is -4.49. The number of carbonyl (C=O) groups excluding carboxylic acids is 1. The predicted octanol–water partition coefficient (Wildman–Crippen LogP) is 2.96. The number of urea groups is 1. The number of alkyl halides is 3. The van der Waals surface area contributed by atoms with Crippen molar-refractivity contribution in [2.75, 3.05) is 25.0 Å². The van der Waals surface area contributed by atoms with Gasteiger partial charge in [-0.2, -0.15) is 13.2 Å². The van der Waals surface area contributed by atoms with Crippen LogP contribution in [0, 0.1) is 5.41 Å². The van der Waals surface area contributed by atoms with Gasteiger partial charge in [0, 0.05) is 13.1 Å². The molecule has 1 aromatic carbocycles. The van der Waals surface area contributed by atoms with Gasteiger partial charge in [-0.1, -0.05) is 12.1 Å². The topological polar surface area (TPSA) is 78.9 Å². The van der Waals surface area contributed by atoms with Gasteiger partial charge in [0.25, 0.3) is 0 Å². The summed E-state index contributed by atoms with van der Waals surface area (Å²) in [5.41, 5.74) is -0.931. The fraction of sp³-hybridized carbons (Fsp3) is 0.467. The van der Waals surface area contributed by atoms with Crippen LogP contribution in [0.15, 0.2) is 24.3 Å². The molecule has 1 heterocycles. The molecule has 1 aromatic rings. The third kappa shape index (κ3) is 4.30. The van der Waals surface area contributed by atoms with Crippen molar-refractivity contribution in [2.45, 2.75) is 19.5 Å². The Bertz CT molecular complexity index is 635. The van der Waals surface area contributed by atoms with E-state index in [1.807, 2.05) is 0 Å². The lowest BCUT2D eigenvalue weighted by atomic mass is 9.90. The van der Waals surface area contributed by atoms with Crippen molar-refractivity contribution in [3.8, 4) is 5.75 Å². The number of amides is 2. The standard InChI is InChI=1S/C15H17F3N2O4/c1-14(12(21)22)6-7-20(8-14)13(23)19-10-4-2-3-5-11(10)24-9-15(16,17)18/h2-5H,6-9H2,1H3,(H,19,23)(H,21,22). The Kier molecular flexibility index (Phi) is 4.91. The van der Waals surface area contributed by atoms with Crippen molar-refractivity contribution in [1.82, 2.24) is 4.90 Å². The highest BCUT2D eigenvalue weighted by Gasteiger charge is 2.42. The molecule has 0 bridgehead atoms. The van der Waals surface area contributed by atoms with Crippen LogP contribution in [0.25, 0.3) is 0 Å². The Morgan fingerprint density at radius 2 is 2.04 bits per heavy atom. The number of anilines is 1. The molecule has 1 unspecified atom stereocenters. The van der Waals surface area contributed by atoms with Crippen LogP contribution in [-0.2, 0) is 4.79 Å². The highest BCUT2D eigenvalue weighted by molar-refractivity contribution is 5.91. The van der Waals surface area contributed by atoms with Crippen LogP contribution >= 0.6 is 0 Å². The molecule has 0 aliphatic carbocycles. The van der Waals surface area contributed by atoms with Gasteiger partial charge in [-0.15, -0.1) is 0 Å². The summed E-state index contributed by atoms with van der Waals surface area (Å²) in [5.74, 6) is -1.10. The number of para-hydroxylation sites is 2. The number of rotatable bonds is 4. The van der Waals surface area contributed by atoms with Gasteiger partial charge in [-0.25, -0.2) is 4.79 Å². The molecule has 1 fully saturated rings. The summed E-state index contributed by atoms with van der Waals surface area (Å²) < 4.78 is 41.5. The number of carbonyl (C=O) groups is 2. The lowest BCUT2D eigenvalue weighted by molar-refractivity contribution is -0.153. The molecular formula is C15H17F3N2O4. The van der Waals surface area contributed by atoms with Gasteiger partial charge in [0.1, 0.15) is 5.75 Å². The molecule has 1 aliphatic rings. The van der Waals surface area contributed by atoms with Crippen molar-refractivity contribution in [1.29, 1.82) is 0 Å². The lowest BCUT2D eigenvalue weighted by Gasteiger charge is -2.21. The summed E-state index contributed by atoms with van der Waals surface area (Å²) in [4.78, 5) is 24.7. The summed E-state index contributed by atoms with van der Waals surface area (Å²) >= 11 is 0. The van der Waals surface area contributed by atoms with E-state index >= 15 is 0 Å². The van der Waals surface area contributed by atoms with E-state index in [4.69, 9.17) is 9.84 Å². The normalized spacial score (nSPS) is 20.8. The average molecular weight is 346 g/mol. The number of hydrogen-bond acceptors (Lipinski definition) is 3. The Labute approximate surface area is 136 Å². The summed E-state index contributed by atoms with van der Waals surface area (Å²) in [6, 6.07) is 5.17. The van der Waals surface area contributed by atoms with E-state index in [0.29, 0.717) is 6.42 Å². The second kappa shape index (κ2) is 6.58. The molecule has 9 heteroatoms. The fourth-order valence-corrected chi connectivity index (χ4v) is 2.36. The third-order valence-corrected chi connectivity index (χ3v) is 3.80. The van der Waals surface area contributed by atoms with E-state index in [-0.39, 0.29) is 24.5 Å². The van der Waals surface area contributed by atoms with Gasteiger partial charge >= 0.3 is 18.2 Å². The summed E-state index contributed by atoms with van der Waals surface area (Å²) in [6.45, 7) is 0.351. The number of hydrogen-bond donors (Lipinski definition) is 2. The van der Waals surface area contributed by atoms with Gasteiger partial charge in [-0.3, -0.25) is 4.79 Å². The number of carboxylic acid groups (broad SMARTS) is 1. The first-order chi connectivity index (χ1) is 11.1. The molecule has 1 atom stereocenters. The molecule has 0 saturated carbocycles. The van der Waals surface area contributed by atoms with Crippen molar-refractivity contribution in [2.24, 2.45) is 5.41 Å². The zero-order valence-corrected chi connectivity index (χ0v) is 12.9. The molecule has 2 rings (SSSR count). The highest BCUT2D eigenvalue weighted by atomic mass is 19.4. The van der Waals surface area contributed by atoms with E-state index in [0.717, 1.165) is 0 Å². The van der Waals surface area contributed by atoms with Crippen LogP contribution in [0.5, 0.6) is 5.75 Å². The number of aliphatic carboxylic acids is 1. The second-order valence-electron chi connectivity index (χ2n) is 5.87. The van der Waals surface area contributed by atoms with E-state index < -0.39 is 30.2 Å². The highest BCUT2D eigenvalue weighted by Crippen LogP contribution is 2.31. The van der Waals surface area contributed by atoms with Crippen LogP contribution < -0.4 is 10.1 Å². The lowest BCUT2D eigenvalue weighted by Crippen LogP contribution is -2.37. The van der Waals surface area contributed by atoms with Crippen LogP contribution in [0.4, 0.5) is 23.7 Å². The SMILES string of the molecule is CC1(C(=O)O)CCN(C(=O)Nc2ccccc2OCC(F)(F)F)C1. The largest absolute Gasteiger partial charge is 0.482 e. The minimum absolute atomic E-state index is 0.0275. The minimum Gasteiger partial charge on any atom is -0.482 e. The summed E-state index contributed by atoms with van der Waals surface area (Å²) in [5, 5.41) is 11.6. The maximum atomic E-state index is 12.3. The first kappa shape index (κ1) is 17.9. The second-order valence-corrected chi connectivity index (χ2v) is 5.87. The summed E-state index contributed by atoms with van der Waals surface area (Å²) in [7, 11) is 0. The van der Waals surface area contributed by atoms with Gasteiger partial charge in [0.15, 0.2) is 6.61 Å². The average Bonchev–Trinajstić information content (AvgIpc) is 2.90. The molecule has 132 valence electrons. The number of carboxylic acids is 1. The number of nitrogens with zero attached hydrogens (tertiary/aromatic N) is 1. The smallest absolute Gasteiger partial charge is 0.422 e. The van der Waals surface area contributed by atoms with Crippen molar-refractivity contribution in [3.63, 3.8) is 0 Å². The fourth-order valence-electron chi connectivity index (χ4n) is 2.36. The van der Waals surface area contributed by atoms with E-state index in [9.17, 15) is 22.8 Å².